The molecule has 0 aromatic heterocycles. The number of anilines is 1. The summed E-state index contributed by atoms with van der Waals surface area (Å²) in [4.78, 5) is 34.3. The maximum absolute atomic E-state index is 11.9. The van der Waals surface area contributed by atoms with Crippen molar-refractivity contribution in [2.75, 3.05) is 11.9 Å². The number of nitrogens with one attached hydrogen (secondary N) is 2. The molecule has 0 bridgehead atoms. The van der Waals surface area contributed by atoms with E-state index in [-0.39, 0.29) is 23.8 Å². The van der Waals surface area contributed by atoms with Crippen LogP contribution in [0.3, 0.4) is 0 Å². The molecule has 0 radical (unpaired) electrons. The lowest BCUT2D eigenvalue weighted by Crippen LogP contribution is -2.22. The van der Waals surface area contributed by atoms with E-state index in [1.165, 1.54) is 6.07 Å². The number of hydrogen-bond acceptors (Lipinski definition) is 3. The summed E-state index contributed by atoms with van der Waals surface area (Å²) in [7, 11) is 0. The van der Waals surface area contributed by atoms with Crippen molar-refractivity contribution >= 4 is 23.5 Å². The highest BCUT2D eigenvalue weighted by molar-refractivity contribution is 5.95. The molecule has 0 aliphatic carbocycles. The highest BCUT2D eigenvalue weighted by atomic mass is 16.4. The van der Waals surface area contributed by atoms with Gasteiger partial charge in [0.15, 0.2) is 0 Å². The van der Waals surface area contributed by atoms with Crippen LogP contribution >= 0.6 is 0 Å². The number of carboxylic acids is 1. The van der Waals surface area contributed by atoms with Gasteiger partial charge in [0.05, 0.1) is 5.56 Å². The third-order valence-electron chi connectivity index (χ3n) is 3.26. The quantitative estimate of drug-likeness (QED) is 0.720. The molecular formula is C16H22N2O4. The molecule has 0 aliphatic heterocycles. The zero-order valence-corrected chi connectivity index (χ0v) is 13.2. The van der Waals surface area contributed by atoms with Gasteiger partial charge in [0.1, 0.15) is 0 Å². The van der Waals surface area contributed by atoms with Gasteiger partial charge >= 0.3 is 5.97 Å². The largest absolute Gasteiger partial charge is 0.478 e. The number of carbonyl (C=O) groups excluding carboxylic acids is 2. The Hall–Kier alpha value is -2.37. The van der Waals surface area contributed by atoms with E-state index in [1.54, 1.807) is 13.0 Å². The van der Waals surface area contributed by atoms with Crippen LogP contribution in [-0.2, 0) is 9.59 Å². The summed E-state index contributed by atoms with van der Waals surface area (Å²) < 4.78 is 0. The van der Waals surface area contributed by atoms with E-state index in [9.17, 15) is 14.4 Å². The van der Waals surface area contributed by atoms with E-state index < -0.39 is 5.97 Å². The zero-order chi connectivity index (χ0) is 16.7. The number of hydrogen-bond donors (Lipinski definition) is 3. The van der Waals surface area contributed by atoms with Gasteiger partial charge in [-0.3, -0.25) is 9.59 Å². The molecule has 6 heteroatoms. The Bertz CT molecular complexity index is 582. The van der Waals surface area contributed by atoms with Crippen molar-refractivity contribution in [1.82, 2.24) is 5.32 Å². The average Bonchev–Trinajstić information content (AvgIpc) is 2.41. The third kappa shape index (κ3) is 5.20. The predicted octanol–water partition coefficient (Wildman–Crippen LogP) is 2.25. The fourth-order valence-electron chi connectivity index (χ4n) is 2.13. The first-order chi connectivity index (χ1) is 10.3. The Labute approximate surface area is 129 Å². The van der Waals surface area contributed by atoms with Gasteiger partial charge in [0.25, 0.3) is 0 Å². The molecule has 22 heavy (non-hydrogen) atoms. The lowest BCUT2D eigenvalue weighted by Gasteiger charge is -2.11. The standard InChI is InChI=1S/C16H22N2O4/c1-4-17-14(19)6-5-7-15(20)18-13-9-12(16(21)22)10(2)8-11(13)3/h8-9H,4-7H2,1-3H3,(H,17,19)(H,18,20)(H,21,22). The van der Waals surface area contributed by atoms with E-state index in [4.69, 9.17) is 5.11 Å². The van der Waals surface area contributed by atoms with Gasteiger partial charge in [-0.25, -0.2) is 4.79 Å². The van der Waals surface area contributed by atoms with Crippen molar-refractivity contribution in [1.29, 1.82) is 0 Å². The summed E-state index contributed by atoms with van der Waals surface area (Å²) >= 11 is 0. The fourth-order valence-corrected chi connectivity index (χ4v) is 2.13. The van der Waals surface area contributed by atoms with Crippen LogP contribution in [0.1, 0.15) is 47.7 Å². The second-order valence-corrected chi connectivity index (χ2v) is 5.14. The maximum atomic E-state index is 11.9. The number of amides is 2. The van der Waals surface area contributed by atoms with Crippen molar-refractivity contribution in [3.05, 3.63) is 28.8 Å². The summed E-state index contributed by atoms with van der Waals surface area (Å²) in [6.07, 6.45) is 0.968. The van der Waals surface area contributed by atoms with E-state index in [0.717, 1.165) is 5.56 Å². The number of carbonyl (C=O) groups is 3. The first kappa shape index (κ1) is 17.7. The van der Waals surface area contributed by atoms with Crippen LogP contribution in [0.2, 0.25) is 0 Å². The molecule has 0 unspecified atom stereocenters. The molecule has 0 aliphatic rings. The van der Waals surface area contributed by atoms with Crippen molar-refractivity contribution in [3.63, 3.8) is 0 Å². The van der Waals surface area contributed by atoms with Crippen molar-refractivity contribution in [2.24, 2.45) is 0 Å². The van der Waals surface area contributed by atoms with Crippen molar-refractivity contribution < 1.29 is 19.5 Å². The molecule has 1 rings (SSSR count). The van der Waals surface area contributed by atoms with E-state index in [1.807, 2.05) is 13.8 Å². The smallest absolute Gasteiger partial charge is 0.336 e. The second kappa shape index (κ2) is 8.17. The van der Waals surface area contributed by atoms with Crippen LogP contribution < -0.4 is 10.6 Å². The molecule has 0 saturated heterocycles. The van der Waals surface area contributed by atoms with Crippen LogP contribution in [-0.4, -0.2) is 29.4 Å². The first-order valence-electron chi connectivity index (χ1n) is 7.26. The minimum Gasteiger partial charge on any atom is -0.478 e. The average molecular weight is 306 g/mol. The van der Waals surface area contributed by atoms with E-state index in [2.05, 4.69) is 10.6 Å². The van der Waals surface area contributed by atoms with Gasteiger partial charge in [0, 0.05) is 25.1 Å². The molecule has 0 saturated carbocycles. The zero-order valence-electron chi connectivity index (χ0n) is 13.2. The van der Waals surface area contributed by atoms with Crippen LogP contribution in [0.15, 0.2) is 12.1 Å². The van der Waals surface area contributed by atoms with Gasteiger partial charge in [-0.15, -0.1) is 0 Å². The van der Waals surface area contributed by atoms with Gasteiger partial charge in [-0.05, 0) is 44.4 Å². The van der Waals surface area contributed by atoms with Crippen LogP contribution in [0, 0.1) is 13.8 Å². The van der Waals surface area contributed by atoms with Gasteiger partial charge in [-0.2, -0.15) is 0 Å². The highest BCUT2D eigenvalue weighted by Gasteiger charge is 2.12. The monoisotopic (exact) mass is 306 g/mol. The summed E-state index contributed by atoms with van der Waals surface area (Å²) in [5, 5.41) is 14.5. The SMILES string of the molecule is CCNC(=O)CCCC(=O)Nc1cc(C(=O)O)c(C)cc1C. The van der Waals surface area contributed by atoms with E-state index >= 15 is 0 Å². The molecule has 0 heterocycles. The lowest BCUT2D eigenvalue weighted by molar-refractivity contribution is -0.121. The molecule has 3 N–H and O–H groups in total. The highest BCUT2D eigenvalue weighted by Crippen LogP contribution is 2.21. The summed E-state index contributed by atoms with van der Waals surface area (Å²) in [6.45, 7) is 5.94. The molecule has 0 atom stereocenters. The fraction of sp³-hybridized carbons (Fsp3) is 0.438. The Kier molecular flexibility index (Phi) is 6.56. The number of rotatable bonds is 7. The van der Waals surface area contributed by atoms with Crippen molar-refractivity contribution in [2.45, 2.75) is 40.0 Å². The minimum absolute atomic E-state index is 0.0741. The lowest BCUT2D eigenvalue weighted by atomic mass is 10.0. The topological polar surface area (TPSA) is 95.5 Å². The second-order valence-electron chi connectivity index (χ2n) is 5.14. The number of carboxylic acid groups (broad SMARTS) is 1. The third-order valence-corrected chi connectivity index (χ3v) is 3.26. The van der Waals surface area contributed by atoms with E-state index in [0.29, 0.717) is 30.6 Å². The predicted molar refractivity (Wildman–Crippen MR) is 84.0 cm³/mol. The molecule has 1 aromatic rings. The van der Waals surface area contributed by atoms with Crippen LogP contribution in [0.25, 0.3) is 0 Å². The van der Waals surface area contributed by atoms with Crippen molar-refractivity contribution in [3.8, 4) is 0 Å². The van der Waals surface area contributed by atoms with Gasteiger partial charge < -0.3 is 15.7 Å². The summed E-state index contributed by atoms with van der Waals surface area (Å²) in [5.41, 5.74) is 2.12. The summed E-state index contributed by atoms with van der Waals surface area (Å²) in [5.74, 6) is -1.33. The minimum atomic E-state index is -1.02. The summed E-state index contributed by atoms with van der Waals surface area (Å²) in [6, 6.07) is 3.20. The number of aryl methyl sites for hydroxylation is 2. The Morgan fingerprint density at radius 2 is 1.68 bits per heavy atom. The molecule has 2 amide bonds. The number of aromatic carboxylic acids is 1. The Morgan fingerprint density at radius 1 is 1.05 bits per heavy atom. The molecular weight excluding hydrogens is 284 g/mol. The normalized spacial score (nSPS) is 10.1. The Balaban J connectivity index is 2.63. The molecule has 0 spiro atoms. The van der Waals surface area contributed by atoms with Crippen LogP contribution in [0.4, 0.5) is 5.69 Å². The van der Waals surface area contributed by atoms with Gasteiger partial charge in [0.2, 0.25) is 11.8 Å². The molecule has 1 aromatic carbocycles. The first-order valence-corrected chi connectivity index (χ1v) is 7.26. The Morgan fingerprint density at radius 3 is 2.27 bits per heavy atom. The maximum Gasteiger partial charge on any atom is 0.336 e. The molecule has 120 valence electrons. The van der Waals surface area contributed by atoms with Crippen LogP contribution in [0.5, 0.6) is 0 Å². The molecule has 0 fully saturated rings. The van der Waals surface area contributed by atoms with Gasteiger partial charge in [-0.1, -0.05) is 6.07 Å². The molecule has 6 nitrogen and oxygen atoms in total. The number of benzene rings is 1.